The third kappa shape index (κ3) is 3.05. The number of nitrogens with two attached hydrogens (primary N) is 1. The number of rotatable bonds is 4. The van der Waals surface area contributed by atoms with Crippen LogP contribution in [-0.4, -0.2) is 29.5 Å². The minimum Gasteiger partial charge on any atom is -0.329 e. The Bertz CT molecular complexity index is 319. The highest BCUT2D eigenvalue weighted by molar-refractivity contribution is 5.09. The lowest BCUT2D eigenvalue weighted by atomic mass is 9.93. The molecule has 1 unspecified atom stereocenters. The topological polar surface area (TPSA) is 42.1 Å². The zero-order chi connectivity index (χ0) is 12.1. The van der Waals surface area contributed by atoms with Crippen LogP contribution >= 0.6 is 0 Å². The molecule has 1 aliphatic rings. The summed E-state index contributed by atoms with van der Waals surface area (Å²) in [6.07, 6.45) is 8.57. The molecule has 1 aliphatic carbocycles. The highest BCUT2D eigenvalue weighted by atomic mass is 15.2. The van der Waals surface area contributed by atoms with E-state index in [-0.39, 0.29) is 6.04 Å². The quantitative estimate of drug-likeness (QED) is 0.868. The Labute approximate surface area is 104 Å². The first kappa shape index (κ1) is 12.5. The minimum absolute atomic E-state index is 0.263. The second-order valence-electron chi connectivity index (χ2n) is 4.96. The standard InChI is InChI=1S/C14H23N3/c1-17(12-7-3-2-4-8-12)14(11-15)13-9-5-6-10-16-13/h5-6,9-10,12,14H,2-4,7-8,11,15H2,1H3. The molecular weight excluding hydrogens is 210 g/mol. The van der Waals surface area contributed by atoms with Gasteiger partial charge in [-0.05, 0) is 32.0 Å². The van der Waals surface area contributed by atoms with Crippen LogP contribution in [0.1, 0.15) is 43.8 Å². The van der Waals surface area contributed by atoms with E-state index in [9.17, 15) is 0 Å². The molecule has 1 atom stereocenters. The van der Waals surface area contributed by atoms with Crippen molar-refractivity contribution in [2.45, 2.75) is 44.2 Å². The summed E-state index contributed by atoms with van der Waals surface area (Å²) in [4.78, 5) is 6.88. The molecule has 1 fully saturated rings. The van der Waals surface area contributed by atoms with Gasteiger partial charge in [-0.15, -0.1) is 0 Å². The van der Waals surface area contributed by atoms with Crippen molar-refractivity contribution in [2.75, 3.05) is 13.6 Å². The first-order valence-corrected chi connectivity index (χ1v) is 6.66. The Morgan fingerprint density at radius 3 is 2.71 bits per heavy atom. The molecule has 2 N–H and O–H groups in total. The minimum atomic E-state index is 0.263. The van der Waals surface area contributed by atoms with E-state index in [1.807, 2.05) is 18.3 Å². The maximum Gasteiger partial charge on any atom is 0.0644 e. The smallest absolute Gasteiger partial charge is 0.0644 e. The molecule has 0 saturated heterocycles. The molecule has 0 aliphatic heterocycles. The molecule has 0 spiro atoms. The molecule has 0 aromatic carbocycles. The number of hydrogen-bond acceptors (Lipinski definition) is 3. The molecule has 2 rings (SSSR count). The van der Waals surface area contributed by atoms with Crippen LogP contribution in [0.3, 0.4) is 0 Å². The van der Waals surface area contributed by atoms with Crippen molar-refractivity contribution < 1.29 is 0 Å². The Balaban J connectivity index is 2.07. The number of nitrogens with zero attached hydrogens (tertiary/aromatic N) is 2. The van der Waals surface area contributed by atoms with Gasteiger partial charge in [0.25, 0.3) is 0 Å². The van der Waals surface area contributed by atoms with Crippen LogP contribution in [0.15, 0.2) is 24.4 Å². The van der Waals surface area contributed by atoms with Crippen LogP contribution in [0.25, 0.3) is 0 Å². The fraction of sp³-hybridized carbons (Fsp3) is 0.643. The van der Waals surface area contributed by atoms with Gasteiger partial charge in [0.15, 0.2) is 0 Å². The number of likely N-dealkylation sites (N-methyl/N-ethyl adjacent to an activating group) is 1. The van der Waals surface area contributed by atoms with E-state index in [1.165, 1.54) is 32.1 Å². The van der Waals surface area contributed by atoms with Gasteiger partial charge in [0.05, 0.1) is 11.7 Å². The lowest BCUT2D eigenvalue weighted by Crippen LogP contribution is -2.40. The van der Waals surface area contributed by atoms with Gasteiger partial charge in [-0.3, -0.25) is 9.88 Å². The SMILES string of the molecule is CN(C1CCCCC1)C(CN)c1ccccn1. The van der Waals surface area contributed by atoms with Gasteiger partial charge in [0.1, 0.15) is 0 Å². The average molecular weight is 233 g/mol. The molecule has 0 bridgehead atoms. The summed E-state index contributed by atoms with van der Waals surface area (Å²) in [6, 6.07) is 7.02. The Kier molecular flexibility index (Phi) is 4.51. The second-order valence-corrected chi connectivity index (χ2v) is 4.96. The van der Waals surface area contributed by atoms with Gasteiger partial charge in [0.2, 0.25) is 0 Å². The van der Waals surface area contributed by atoms with Gasteiger partial charge in [-0.2, -0.15) is 0 Å². The maximum atomic E-state index is 5.93. The first-order chi connectivity index (χ1) is 8.33. The van der Waals surface area contributed by atoms with Crippen LogP contribution < -0.4 is 5.73 Å². The fourth-order valence-corrected chi connectivity index (χ4v) is 2.81. The predicted molar refractivity (Wildman–Crippen MR) is 70.7 cm³/mol. The fourth-order valence-electron chi connectivity index (χ4n) is 2.81. The molecule has 3 nitrogen and oxygen atoms in total. The van der Waals surface area contributed by atoms with E-state index in [0.717, 1.165) is 5.69 Å². The summed E-state index contributed by atoms with van der Waals surface area (Å²) in [7, 11) is 2.20. The van der Waals surface area contributed by atoms with Crippen molar-refractivity contribution in [3.8, 4) is 0 Å². The van der Waals surface area contributed by atoms with Crippen molar-refractivity contribution >= 4 is 0 Å². The number of aromatic nitrogens is 1. The van der Waals surface area contributed by atoms with Gasteiger partial charge in [-0.25, -0.2) is 0 Å². The largest absolute Gasteiger partial charge is 0.329 e. The molecular formula is C14H23N3. The molecule has 1 heterocycles. The van der Waals surface area contributed by atoms with Crippen molar-refractivity contribution in [1.29, 1.82) is 0 Å². The summed E-state index contributed by atoms with van der Waals surface area (Å²) < 4.78 is 0. The molecule has 1 saturated carbocycles. The van der Waals surface area contributed by atoms with Crippen LogP contribution in [0.5, 0.6) is 0 Å². The van der Waals surface area contributed by atoms with Gasteiger partial charge in [0, 0.05) is 18.8 Å². The summed E-state index contributed by atoms with van der Waals surface area (Å²) >= 11 is 0. The van der Waals surface area contributed by atoms with E-state index in [1.54, 1.807) is 0 Å². The molecule has 94 valence electrons. The lowest BCUT2D eigenvalue weighted by Gasteiger charge is -2.36. The van der Waals surface area contributed by atoms with Gasteiger partial charge >= 0.3 is 0 Å². The zero-order valence-electron chi connectivity index (χ0n) is 10.7. The summed E-state index contributed by atoms with van der Waals surface area (Å²) in [5.41, 5.74) is 7.03. The van der Waals surface area contributed by atoms with Crippen molar-refractivity contribution in [3.05, 3.63) is 30.1 Å². The van der Waals surface area contributed by atoms with Crippen molar-refractivity contribution in [1.82, 2.24) is 9.88 Å². The number of hydrogen-bond donors (Lipinski definition) is 1. The van der Waals surface area contributed by atoms with Crippen LogP contribution in [0, 0.1) is 0 Å². The molecule has 3 heteroatoms. The van der Waals surface area contributed by atoms with Crippen LogP contribution in [0.4, 0.5) is 0 Å². The normalized spacial score (nSPS) is 19.5. The van der Waals surface area contributed by atoms with E-state index in [4.69, 9.17) is 5.73 Å². The Morgan fingerprint density at radius 1 is 1.35 bits per heavy atom. The van der Waals surface area contributed by atoms with E-state index >= 15 is 0 Å². The first-order valence-electron chi connectivity index (χ1n) is 6.66. The third-order valence-corrected chi connectivity index (χ3v) is 3.89. The molecule has 0 amide bonds. The number of pyridine rings is 1. The van der Waals surface area contributed by atoms with E-state index in [0.29, 0.717) is 12.6 Å². The van der Waals surface area contributed by atoms with Crippen LogP contribution in [-0.2, 0) is 0 Å². The van der Waals surface area contributed by atoms with Crippen molar-refractivity contribution in [3.63, 3.8) is 0 Å². The van der Waals surface area contributed by atoms with Gasteiger partial charge in [-0.1, -0.05) is 25.3 Å². The maximum absolute atomic E-state index is 5.93. The summed E-state index contributed by atoms with van der Waals surface area (Å²) in [5, 5.41) is 0. The monoisotopic (exact) mass is 233 g/mol. The summed E-state index contributed by atoms with van der Waals surface area (Å²) in [6.45, 7) is 0.643. The van der Waals surface area contributed by atoms with E-state index in [2.05, 4.69) is 23.0 Å². The molecule has 17 heavy (non-hydrogen) atoms. The summed E-state index contributed by atoms with van der Waals surface area (Å²) in [5.74, 6) is 0. The van der Waals surface area contributed by atoms with Gasteiger partial charge < -0.3 is 5.73 Å². The average Bonchev–Trinajstić information content (AvgIpc) is 2.42. The predicted octanol–water partition coefficient (Wildman–Crippen LogP) is 2.35. The highest BCUT2D eigenvalue weighted by Gasteiger charge is 2.25. The van der Waals surface area contributed by atoms with Crippen LogP contribution in [0.2, 0.25) is 0 Å². The third-order valence-electron chi connectivity index (χ3n) is 3.89. The second kappa shape index (κ2) is 6.12. The van der Waals surface area contributed by atoms with Crippen molar-refractivity contribution in [2.24, 2.45) is 5.73 Å². The lowest BCUT2D eigenvalue weighted by molar-refractivity contribution is 0.138. The zero-order valence-corrected chi connectivity index (χ0v) is 10.7. The molecule has 0 radical (unpaired) electrons. The Hall–Kier alpha value is -0.930. The Morgan fingerprint density at radius 2 is 2.12 bits per heavy atom. The highest BCUT2D eigenvalue weighted by Crippen LogP contribution is 2.27. The van der Waals surface area contributed by atoms with E-state index < -0.39 is 0 Å². The molecule has 1 aromatic rings. The molecule has 1 aromatic heterocycles.